The summed E-state index contributed by atoms with van der Waals surface area (Å²) in [7, 11) is 1.71. The summed E-state index contributed by atoms with van der Waals surface area (Å²) in [6.45, 7) is 2.86. The van der Waals surface area contributed by atoms with Crippen molar-refractivity contribution in [2.75, 3.05) is 12.4 Å². The zero-order valence-corrected chi connectivity index (χ0v) is 12.5. The fourth-order valence-corrected chi connectivity index (χ4v) is 3.09. The first-order chi connectivity index (χ1) is 9.76. The largest absolute Gasteiger partial charge is 0.496 e. The second-order valence-corrected chi connectivity index (χ2v) is 5.79. The standard InChI is InChI=1S/C17H17NOS/c1-12-3-5-16(19-2)14(9-12)11-18-15-4-6-17-13(10-15)7-8-20-17/h3-10,18H,11H2,1-2H3. The Balaban J connectivity index is 1.80. The van der Waals surface area contributed by atoms with E-state index in [1.165, 1.54) is 21.2 Å². The summed E-state index contributed by atoms with van der Waals surface area (Å²) in [6.07, 6.45) is 0. The van der Waals surface area contributed by atoms with Gasteiger partial charge in [0.25, 0.3) is 0 Å². The van der Waals surface area contributed by atoms with Gasteiger partial charge in [-0.25, -0.2) is 0 Å². The van der Waals surface area contributed by atoms with Crippen LogP contribution in [-0.4, -0.2) is 7.11 Å². The maximum atomic E-state index is 5.41. The van der Waals surface area contributed by atoms with Crippen LogP contribution in [0.5, 0.6) is 5.75 Å². The highest BCUT2D eigenvalue weighted by Gasteiger charge is 2.03. The van der Waals surface area contributed by atoms with Crippen molar-refractivity contribution in [2.24, 2.45) is 0 Å². The van der Waals surface area contributed by atoms with Crippen LogP contribution in [0.15, 0.2) is 47.8 Å². The smallest absolute Gasteiger partial charge is 0.123 e. The van der Waals surface area contributed by atoms with E-state index in [9.17, 15) is 0 Å². The van der Waals surface area contributed by atoms with E-state index in [1.807, 2.05) is 6.07 Å². The zero-order chi connectivity index (χ0) is 13.9. The third kappa shape index (κ3) is 2.63. The van der Waals surface area contributed by atoms with Gasteiger partial charge < -0.3 is 10.1 Å². The Morgan fingerprint density at radius 3 is 2.85 bits per heavy atom. The molecule has 0 aliphatic carbocycles. The molecule has 0 amide bonds. The molecule has 20 heavy (non-hydrogen) atoms. The molecule has 3 rings (SSSR count). The van der Waals surface area contributed by atoms with E-state index in [2.05, 4.69) is 54.0 Å². The molecule has 0 bridgehead atoms. The minimum atomic E-state index is 0.764. The molecule has 1 heterocycles. The van der Waals surface area contributed by atoms with Crippen molar-refractivity contribution in [2.45, 2.75) is 13.5 Å². The Kier molecular flexibility index (Phi) is 3.61. The van der Waals surface area contributed by atoms with E-state index in [4.69, 9.17) is 4.74 Å². The van der Waals surface area contributed by atoms with Crippen molar-refractivity contribution >= 4 is 27.1 Å². The van der Waals surface area contributed by atoms with Crippen molar-refractivity contribution in [1.29, 1.82) is 0 Å². The second-order valence-electron chi connectivity index (χ2n) is 4.84. The summed E-state index contributed by atoms with van der Waals surface area (Å²) in [6, 6.07) is 14.9. The van der Waals surface area contributed by atoms with Gasteiger partial charge in [0, 0.05) is 22.5 Å². The number of ether oxygens (including phenoxy) is 1. The molecule has 1 aromatic heterocycles. The summed E-state index contributed by atoms with van der Waals surface area (Å²) in [5, 5.41) is 6.88. The minimum absolute atomic E-state index is 0.764. The van der Waals surface area contributed by atoms with Gasteiger partial charge in [0.2, 0.25) is 0 Å². The van der Waals surface area contributed by atoms with Crippen LogP contribution in [-0.2, 0) is 6.54 Å². The normalized spacial score (nSPS) is 10.7. The lowest BCUT2D eigenvalue weighted by molar-refractivity contribution is 0.410. The number of anilines is 1. The Bertz CT molecular complexity index is 733. The lowest BCUT2D eigenvalue weighted by Gasteiger charge is -2.11. The van der Waals surface area contributed by atoms with Crippen LogP contribution < -0.4 is 10.1 Å². The van der Waals surface area contributed by atoms with Gasteiger partial charge in [-0.1, -0.05) is 17.7 Å². The highest BCUT2D eigenvalue weighted by atomic mass is 32.1. The number of nitrogens with one attached hydrogen (secondary N) is 1. The third-order valence-electron chi connectivity index (χ3n) is 3.37. The Morgan fingerprint density at radius 1 is 1.10 bits per heavy atom. The van der Waals surface area contributed by atoms with Gasteiger partial charge in [-0.15, -0.1) is 11.3 Å². The summed E-state index contributed by atoms with van der Waals surface area (Å²) in [4.78, 5) is 0. The molecule has 0 atom stereocenters. The van der Waals surface area contributed by atoms with Gasteiger partial charge in [-0.2, -0.15) is 0 Å². The van der Waals surface area contributed by atoms with Crippen LogP contribution in [0.2, 0.25) is 0 Å². The molecule has 3 heteroatoms. The molecule has 1 N–H and O–H groups in total. The number of hydrogen-bond donors (Lipinski definition) is 1. The molecule has 102 valence electrons. The predicted octanol–water partition coefficient (Wildman–Crippen LogP) is 4.83. The third-order valence-corrected chi connectivity index (χ3v) is 4.27. The Morgan fingerprint density at radius 2 is 2.00 bits per heavy atom. The fourth-order valence-electron chi connectivity index (χ4n) is 2.32. The Hall–Kier alpha value is -2.00. The molecular formula is C17H17NOS. The summed E-state index contributed by atoms with van der Waals surface area (Å²) in [5.74, 6) is 0.930. The van der Waals surface area contributed by atoms with Gasteiger partial charge in [0.1, 0.15) is 5.75 Å². The van der Waals surface area contributed by atoms with Crippen molar-refractivity contribution in [3.63, 3.8) is 0 Å². The summed E-state index contributed by atoms with van der Waals surface area (Å²) >= 11 is 1.77. The molecule has 0 unspecified atom stereocenters. The highest BCUT2D eigenvalue weighted by Crippen LogP contribution is 2.25. The second kappa shape index (κ2) is 5.55. The molecule has 0 aliphatic heterocycles. The van der Waals surface area contributed by atoms with Crippen LogP contribution in [0.1, 0.15) is 11.1 Å². The molecule has 2 aromatic carbocycles. The molecule has 0 saturated heterocycles. The summed E-state index contributed by atoms with van der Waals surface area (Å²) < 4.78 is 6.73. The number of thiophene rings is 1. The van der Waals surface area contributed by atoms with E-state index < -0.39 is 0 Å². The van der Waals surface area contributed by atoms with Crippen LogP contribution in [0, 0.1) is 6.92 Å². The lowest BCUT2D eigenvalue weighted by atomic mass is 10.1. The maximum absolute atomic E-state index is 5.41. The van der Waals surface area contributed by atoms with Crippen molar-refractivity contribution < 1.29 is 4.74 Å². The molecular weight excluding hydrogens is 266 g/mol. The predicted molar refractivity (Wildman–Crippen MR) is 86.9 cm³/mol. The fraction of sp³-hybridized carbons (Fsp3) is 0.176. The van der Waals surface area contributed by atoms with Gasteiger partial charge in [0.05, 0.1) is 7.11 Å². The Labute approximate surface area is 123 Å². The molecule has 0 spiro atoms. The van der Waals surface area contributed by atoms with Crippen molar-refractivity contribution in [3.05, 3.63) is 59.0 Å². The van der Waals surface area contributed by atoms with Crippen LogP contribution in [0.25, 0.3) is 10.1 Å². The van der Waals surface area contributed by atoms with E-state index >= 15 is 0 Å². The molecule has 0 saturated carbocycles. The van der Waals surface area contributed by atoms with Crippen LogP contribution >= 0.6 is 11.3 Å². The molecule has 0 radical (unpaired) electrons. The number of methoxy groups -OCH3 is 1. The van der Waals surface area contributed by atoms with Crippen molar-refractivity contribution in [1.82, 2.24) is 0 Å². The average molecular weight is 283 g/mol. The van der Waals surface area contributed by atoms with Crippen molar-refractivity contribution in [3.8, 4) is 5.75 Å². The van der Waals surface area contributed by atoms with Gasteiger partial charge >= 0.3 is 0 Å². The van der Waals surface area contributed by atoms with Gasteiger partial charge in [0.15, 0.2) is 0 Å². The first kappa shape index (κ1) is 13.0. The van der Waals surface area contributed by atoms with Gasteiger partial charge in [-0.05, 0) is 48.0 Å². The van der Waals surface area contributed by atoms with E-state index in [0.29, 0.717) is 0 Å². The quantitative estimate of drug-likeness (QED) is 0.740. The van der Waals surface area contributed by atoms with E-state index in [0.717, 1.165) is 18.0 Å². The summed E-state index contributed by atoms with van der Waals surface area (Å²) in [5.41, 5.74) is 3.56. The number of hydrogen-bond acceptors (Lipinski definition) is 3. The SMILES string of the molecule is COc1ccc(C)cc1CNc1ccc2sccc2c1. The van der Waals surface area contributed by atoms with Gasteiger partial charge in [-0.3, -0.25) is 0 Å². The highest BCUT2D eigenvalue weighted by molar-refractivity contribution is 7.17. The number of aryl methyl sites for hydroxylation is 1. The molecule has 0 aliphatic rings. The topological polar surface area (TPSA) is 21.3 Å². The monoisotopic (exact) mass is 283 g/mol. The number of fused-ring (bicyclic) bond motifs is 1. The zero-order valence-electron chi connectivity index (χ0n) is 11.6. The first-order valence-electron chi connectivity index (χ1n) is 6.61. The number of rotatable bonds is 4. The average Bonchev–Trinajstić information content (AvgIpc) is 2.92. The van der Waals surface area contributed by atoms with Crippen LogP contribution in [0.4, 0.5) is 5.69 Å². The molecule has 3 aromatic rings. The minimum Gasteiger partial charge on any atom is -0.496 e. The maximum Gasteiger partial charge on any atom is 0.123 e. The first-order valence-corrected chi connectivity index (χ1v) is 7.49. The van der Waals surface area contributed by atoms with Crippen LogP contribution in [0.3, 0.4) is 0 Å². The lowest BCUT2D eigenvalue weighted by Crippen LogP contribution is -2.02. The molecule has 0 fully saturated rings. The number of benzene rings is 2. The van der Waals surface area contributed by atoms with E-state index in [1.54, 1.807) is 18.4 Å². The van der Waals surface area contributed by atoms with E-state index in [-0.39, 0.29) is 0 Å². The molecule has 2 nitrogen and oxygen atoms in total.